The summed E-state index contributed by atoms with van der Waals surface area (Å²) in [6.07, 6.45) is 88.1. The number of allylic oxidation sites excluding steroid dienone is 20. The van der Waals surface area contributed by atoms with Gasteiger partial charge in [0.1, 0.15) is 13.2 Å². The van der Waals surface area contributed by atoms with Crippen molar-refractivity contribution in [2.75, 3.05) is 13.2 Å². The Morgan fingerprint density at radius 3 is 0.803 bits per heavy atom. The molecule has 1 unspecified atom stereocenters. The predicted octanol–water partition coefficient (Wildman–Crippen LogP) is 21.6. The van der Waals surface area contributed by atoms with Gasteiger partial charge in [-0.15, -0.1) is 0 Å². The van der Waals surface area contributed by atoms with E-state index < -0.39 is 6.10 Å². The normalized spacial score (nSPS) is 12.9. The molecule has 0 aromatic rings. The molecule has 0 radical (unpaired) electrons. The van der Waals surface area contributed by atoms with Crippen LogP contribution in [0.15, 0.2) is 122 Å². The van der Waals surface area contributed by atoms with E-state index >= 15 is 0 Å². The molecule has 0 bridgehead atoms. The maximum atomic E-state index is 12.9. The Morgan fingerprint density at radius 1 is 0.276 bits per heavy atom. The molecule has 0 rings (SSSR count). The third-order valence-corrected chi connectivity index (χ3v) is 13.2. The highest BCUT2D eigenvalue weighted by Crippen LogP contribution is 2.16. The fraction of sp³-hybridized carbons (Fsp3) is 0.671. The van der Waals surface area contributed by atoms with Gasteiger partial charge < -0.3 is 14.2 Å². The van der Waals surface area contributed by atoms with E-state index in [1.54, 1.807) is 0 Å². The molecule has 0 spiro atoms. The maximum absolute atomic E-state index is 12.9. The van der Waals surface area contributed by atoms with Crippen molar-refractivity contribution in [1.29, 1.82) is 0 Å². The minimum Gasteiger partial charge on any atom is -0.462 e. The van der Waals surface area contributed by atoms with E-state index in [2.05, 4.69) is 142 Å². The molecule has 0 aliphatic rings. The Bertz CT molecular complexity index is 1590. The van der Waals surface area contributed by atoms with Crippen molar-refractivity contribution in [2.24, 2.45) is 0 Å². The zero-order chi connectivity index (χ0) is 55.0. The van der Waals surface area contributed by atoms with Gasteiger partial charge in [0, 0.05) is 19.3 Å². The smallest absolute Gasteiger partial charge is 0.306 e. The van der Waals surface area contributed by atoms with Crippen molar-refractivity contribution in [2.45, 2.75) is 290 Å². The number of hydrogen-bond acceptors (Lipinski definition) is 6. The number of esters is 3. The Kier molecular flexibility index (Phi) is 59.9. The van der Waals surface area contributed by atoms with Gasteiger partial charge in [0.15, 0.2) is 6.10 Å². The molecule has 0 aliphatic carbocycles. The molecule has 0 aromatic heterocycles. The van der Waals surface area contributed by atoms with Crippen molar-refractivity contribution in [3.8, 4) is 0 Å². The summed E-state index contributed by atoms with van der Waals surface area (Å²) in [5.41, 5.74) is 0. The highest BCUT2D eigenvalue weighted by molar-refractivity contribution is 5.71. The molecular weight excluding hydrogens is 937 g/mol. The zero-order valence-electron chi connectivity index (χ0n) is 49.5. The van der Waals surface area contributed by atoms with Gasteiger partial charge in [-0.2, -0.15) is 0 Å². The largest absolute Gasteiger partial charge is 0.462 e. The van der Waals surface area contributed by atoms with Crippen molar-refractivity contribution < 1.29 is 28.6 Å². The highest BCUT2D eigenvalue weighted by atomic mass is 16.6. The second-order valence-electron chi connectivity index (χ2n) is 20.6. The number of hydrogen-bond donors (Lipinski definition) is 0. The Balaban J connectivity index is 4.14. The van der Waals surface area contributed by atoms with Gasteiger partial charge >= 0.3 is 17.9 Å². The van der Waals surface area contributed by atoms with Crippen molar-refractivity contribution >= 4 is 17.9 Å². The average molecular weight is 1050 g/mol. The molecule has 0 aromatic carbocycles. The van der Waals surface area contributed by atoms with E-state index in [4.69, 9.17) is 14.2 Å². The summed E-state index contributed by atoms with van der Waals surface area (Å²) < 4.78 is 16.8. The lowest BCUT2D eigenvalue weighted by molar-refractivity contribution is -0.167. The average Bonchev–Trinajstić information content (AvgIpc) is 3.42. The molecule has 0 saturated carbocycles. The molecule has 0 fully saturated rings. The third-order valence-electron chi connectivity index (χ3n) is 13.2. The van der Waals surface area contributed by atoms with Gasteiger partial charge in [-0.3, -0.25) is 14.4 Å². The second kappa shape index (κ2) is 63.3. The first-order chi connectivity index (χ1) is 37.5. The van der Waals surface area contributed by atoms with Crippen LogP contribution in [0.25, 0.3) is 0 Å². The fourth-order valence-electron chi connectivity index (χ4n) is 8.56. The Morgan fingerprint density at radius 2 is 0.513 bits per heavy atom. The minimum atomic E-state index is -0.783. The lowest BCUT2D eigenvalue weighted by Crippen LogP contribution is -2.30. The van der Waals surface area contributed by atoms with Crippen LogP contribution < -0.4 is 0 Å². The molecule has 0 aliphatic heterocycles. The molecule has 0 N–H and O–H groups in total. The topological polar surface area (TPSA) is 78.9 Å². The summed E-state index contributed by atoms with van der Waals surface area (Å²) in [5.74, 6) is -0.899. The number of ether oxygens (including phenoxy) is 3. The lowest BCUT2D eigenvalue weighted by Gasteiger charge is -2.18. The molecule has 6 heteroatoms. The van der Waals surface area contributed by atoms with E-state index in [9.17, 15) is 14.4 Å². The van der Waals surface area contributed by atoms with E-state index in [-0.39, 0.29) is 31.1 Å². The van der Waals surface area contributed by atoms with Gasteiger partial charge in [-0.05, 0) is 109 Å². The molecule has 0 amide bonds. The monoisotopic (exact) mass is 1050 g/mol. The van der Waals surface area contributed by atoms with Crippen LogP contribution in [0.4, 0.5) is 0 Å². The quantitative estimate of drug-likeness (QED) is 0.0261. The number of rotatable bonds is 56. The Labute approximate surface area is 469 Å². The van der Waals surface area contributed by atoms with Crippen LogP contribution in [0.5, 0.6) is 0 Å². The second-order valence-corrected chi connectivity index (χ2v) is 20.6. The summed E-state index contributed by atoms with van der Waals surface area (Å²) >= 11 is 0. The zero-order valence-corrected chi connectivity index (χ0v) is 49.5. The van der Waals surface area contributed by atoms with Crippen molar-refractivity contribution in [1.82, 2.24) is 0 Å². The van der Waals surface area contributed by atoms with Gasteiger partial charge in [0.05, 0.1) is 0 Å². The van der Waals surface area contributed by atoms with Crippen LogP contribution in [0.3, 0.4) is 0 Å². The third kappa shape index (κ3) is 60.7. The summed E-state index contributed by atoms with van der Waals surface area (Å²) in [6.45, 7) is 6.36. The van der Waals surface area contributed by atoms with Crippen molar-refractivity contribution in [3.63, 3.8) is 0 Å². The first-order valence-corrected chi connectivity index (χ1v) is 31.5. The SMILES string of the molecule is CC/C=C\C/C=C\C/C=C\C/C=C\C/C=C\C/C=C\CCCCCCCCCCC(=O)OCC(COC(=O)CCCCCCCC)OC(=O)CCCCCCCCCCCCCC/C=C\C/C=C\C/C=C\C/C=C\CC. The van der Waals surface area contributed by atoms with Crippen LogP contribution >= 0.6 is 0 Å². The fourth-order valence-corrected chi connectivity index (χ4v) is 8.56. The standard InChI is InChI=1S/C70H116O6/c1-4-7-10-13-16-18-20-22-24-26-28-30-32-34-35-37-38-40-42-44-46-48-50-52-54-57-60-63-69(72)75-66-67(65-74-68(71)62-59-56-15-12-9-6-3)76-70(73)64-61-58-55-53-51-49-47-45-43-41-39-36-33-31-29-27-25-23-21-19-17-14-11-8-5-2/h7-8,10-11,16-19,22-25,28-31,34-35,38,40,67H,4-6,9,12-15,20-21,26-27,32-33,36-37,39,41-66H2,1-3H3/b10-7-,11-8-,18-16-,19-17-,24-22-,25-23-,30-28-,31-29-,35-34-,40-38-. The van der Waals surface area contributed by atoms with Gasteiger partial charge in [-0.1, -0.05) is 277 Å². The molecule has 0 heterocycles. The van der Waals surface area contributed by atoms with Crippen LogP contribution in [0.1, 0.15) is 284 Å². The van der Waals surface area contributed by atoms with Crippen LogP contribution in [-0.4, -0.2) is 37.2 Å². The lowest BCUT2D eigenvalue weighted by atomic mass is 10.0. The predicted molar refractivity (Wildman–Crippen MR) is 330 cm³/mol. The first kappa shape index (κ1) is 71.8. The molecule has 0 saturated heterocycles. The summed E-state index contributed by atoms with van der Waals surface area (Å²) in [4.78, 5) is 38.0. The summed E-state index contributed by atoms with van der Waals surface area (Å²) in [7, 11) is 0. The highest BCUT2D eigenvalue weighted by Gasteiger charge is 2.19. The van der Waals surface area contributed by atoms with E-state index in [1.807, 2.05) is 0 Å². The van der Waals surface area contributed by atoms with Crippen molar-refractivity contribution in [3.05, 3.63) is 122 Å². The maximum Gasteiger partial charge on any atom is 0.306 e. The van der Waals surface area contributed by atoms with Gasteiger partial charge in [0.2, 0.25) is 0 Å². The number of carbonyl (C=O) groups excluding carboxylic acids is 3. The molecular formula is C70H116O6. The molecule has 1 atom stereocenters. The van der Waals surface area contributed by atoms with E-state index in [1.165, 1.54) is 116 Å². The number of carbonyl (C=O) groups is 3. The summed E-state index contributed by atoms with van der Waals surface area (Å²) in [6, 6.07) is 0. The molecule has 6 nitrogen and oxygen atoms in total. The summed E-state index contributed by atoms with van der Waals surface area (Å²) in [5, 5.41) is 0. The van der Waals surface area contributed by atoms with Crippen LogP contribution in [-0.2, 0) is 28.6 Å². The first-order valence-electron chi connectivity index (χ1n) is 31.5. The van der Waals surface area contributed by atoms with Crippen LogP contribution in [0, 0.1) is 0 Å². The van der Waals surface area contributed by atoms with Gasteiger partial charge in [-0.25, -0.2) is 0 Å². The Hall–Kier alpha value is -4.19. The van der Waals surface area contributed by atoms with E-state index in [0.29, 0.717) is 19.3 Å². The van der Waals surface area contributed by atoms with Gasteiger partial charge in [0.25, 0.3) is 0 Å². The number of unbranched alkanes of at least 4 members (excludes halogenated alkanes) is 25. The van der Waals surface area contributed by atoms with Crippen LogP contribution in [0.2, 0.25) is 0 Å². The van der Waals surface area contributed by atoms with E-state index in [0.717, 1.165) is 128 Å². The molecule has 432 valence electrons. The minimum absolute atomic E-state index is 0.0822. The molecule has 76 heavy (non-hydrogen) atoms.